The molecular weight excluding hydrogens is 420 g/mol. The molecule has 176 valence electrons. The minimum atomic E-state index is -0.254. The molecule has 2 atom stereocenters. The molecule has 8 nitrogen and oxygen atoms in total. The maximum atomic E-state index is 12.7. The Labute approximate surface area is 194 Å². The minimum absolute atomic E-state index is 0.0526. The molecule has 3 aliphatic rings. The van der Waals surface area contributed by atoms with Crippen LogP contribution in [0.2, 0.25) is 0 Å². The fraction of sp³-hybridized carbons (Fsp3) is 0.520. The van der Waals surface area contributed by atoms with Gasteiger partial charge in [-0.1, -0.05) is 30.4 Å². The van der Waals surface area contributed by atoms with Gasteiger partial charge in [-0.2, -0.15) is 0 Å². The highest BCUT2D eigenvalue weighted by molar-refractivity contribution is 6.05. The topological polar surface area (TPSA) is 90.0 Å². The van der Waals surface area contributed by atoms with Gasteiger partial charge in [-0.15, -0.1) is 0 Å². The summed E-state index contributed by atoms with van der Waals surface area (Å²) in [5, 5.41) is 3.01. The van der Waals surface area contributed by atoms with Gasteiger partial charge in [0.05, 0.1) is 18.4 Å². The lowest BCUT2D eigenvalue weighted by Gasteiger charge is -2.34. The van der Waals surface area contributed by atoms with Crippen molar-refractivity contribution in [1.82, 2.24) is 14.7 Å². The first kappa shape index (κ1) is 23.2. The summed E-state index contributed by atoms with van der Waals surface area (Å²) in [4.78, 5) is 55.4. The highest BCUT2D eigenvalue weighted by Gasteiger charge is 2.47. The van der Waals surface area contributed by atoms with E-state index in [1.165, 1.54) is 4.90 Å². The quantitative estimate of drug-likeness (QED) is 0.524. The molecule has 0 spiro atoms. The number of imide groups is 1. The number of carbonyl (C=O) groups excluding carboxylic acids is 4. The predicted octanol–water partition coefficient (Wildman–Crippen LogP) is 1.73. The van der Waals surface area contributed by atoms with Crippen LogP contribution in [0.15, 0.2) is 30.4 Å². The van der Waals surface area contributed by atoms with E-state index in [9.17, 15) is 19.2 Å². The van der Waals surface area contributed by atoms with Gasteiger partial charge in [0.2, 0.25) is 23.6 Å². The summed E-state index contributed by atoms with van der Waals surface area (Å²) in [6.07, 6.45) is 5.29. The number of benzene rings is 1. The van der Waals surface area contributed by atoms with Crippen molar-refractivity contribution < 1.29 is 19.2 Å². The standard InChI is InChI=1S/C25H32N4O4/c1-17-6-5-7-18(2)23(17)26-21(30)16-27-12-14-28(15-13-27)22(31)10-11-29-24(32)19-8-3-4-9-20(19)25(29)33/h3-7,19-20H,8-16H2,1-2H3,(H,26,30)/t19-,20-/m0/s1. The lowest BCUT2D eigenvalue weighted by molar-refractivity contribution is -0.141. The van der Waals surface area contributed by atoms with Crippen molar-refractivity contribution in [2.24, 2.45) is 11.8 Å². The Kier molecular flexibility index (Phi) is 6.93. The van der Waals surface area contributed by atoms with Gasteiger partial charge < -0.3 is 10.2 Å². The highest BCUT2D eigenvalue weighted by atomic mass is 16.2. The molecule has 1 aliphatic carbocycles. The van der Waals surface area contributed by atoms with E-state index in [2.05, 4.69) is 5.32 Å². The minimum Gasteiger partial charge on any atom is -0.340 e. The summed E-state index contributed by atoms with van der Waals surface area (Å²) in [6, 6.07) is 5.92. The van der Waals surface area contributed by atoms with Crippen LogP contribution >= 0.6 is 0 Å². The van der Waals surface area contributed by atoms with Crippen LogP contribution in [-0.2, 0) is 19.2 Å². The second kappa shape index (κ2) is 9.87. The number of piperazine rings is 1. The van der Waals surface area contributed by atoms with Crippen LogP contribution in [0.5, 0.6) is 0 Å². The molecule has 0 unspecified atom stereocenters. The Morgan fingerprint density at radius 1 is 0.939 bits per heavy atom. The van der Waals surface area contributed by atoms with Crippen molar-refractivity contribution in [2.45, 2.75) is 33.1 Å². The molecule has 1 N–H and O–H groups in total. The van der Waals surface area contributed by atoms with Gasteiger partial charge >= 0.3 is 0 Å². The van der Waals surface area contributed by atoms with Crippen LogP contribution in [0.1, 0.15) is 30.4 Å². The second-order valence-corrected chi connectivity index (χ2v) is 9.21. The van der Waals surface area contributed by atoms with E-state index in [0.29, 0.717) is 39.0 Å². The van der Waals surface area contributed by atoms with Gasteiger partial charge in [0.15, 0.2) is 0 Å². The van der Waals surface area contributed by atoms with E-state index < -0.39 is 0 Å². The van der Waals surface area contributed by atoms with Crippen molar-refractivity contribution in [3.8, 4) is 0 Å². The summed E-state index contributed by atoms with van der Waals surface area (Å²) in [5.74, 6) is -0.896. The number of aryl methyl sites for hydroxylation is 2. The number of fused-ring (bicyclic) bond motifs is 1. The number of amides is 4. The molecule has 33 heavy (non-hydrogen) atoms. The number of hydrogen-bond donors (Lipinski definition) is 1. The maximum Gasteiger partial charge on any atom is 0.238 e. The van der Waals surface area contributed by atoms with Gasteiger partial charge in [-0.25, -0.2) is 0 Å². The predicted molar refractivity (Wildman–Crippen MR) is 124 cm³/mol. The zero-order chi connectivity index (χ0) is 23.5. The van der Waals surface area contributed by atoms with Gasteiger partial charge in [-0.3, -0.25) is 29.0 Å². The van der Waals surface area contributed by atoms with Crippen LogP contribution in [-0.4, -0.2) is 77.6 Å². The van der Waals surface area contributed by atoms with Crippen LogP contribution in [0, 0.1) is 25.7 Å². The smallest absolute Gasteiger partial charge is 0.238 e. The average molecular weight is 453 g/mol. The first-order chi connectivity index (χ1) is 15.8. The Hall–Kier alpha value is -3.00. The lowest BCUT2D eigenvalue weighted by Crippen LogP contribution is -2.51. The summed E-state index contributed by atoms with van der Waals surface area (Å²) < 4.78 is 0. The molecule has 2 saturated heterocycles. The van der Waals surface area contributed by atoms with E-state index in [4.69, 9.17) is 0 Å². The molecule has 4 rings (SSSR count). The lowest BCUT2D eigenvalue weighted by atomic mass is 9.85. The summed E-state index contributed by atoms with van der Waals surface area (Å²) in [5.41, 5.74) is 2.92. The first-order valence-corrected chi connectivity index (χ1v) is 11.7. The van der Waals surface area contributed by atoms with E-state index in [1.807, 2.05) is 49.1 Å². The number of carbonyl (C=O) groups is 4. The van der Waals surface area contributed by atoms with Crippen LogP contribution in [0.3, 0.4) is 0 Å². The maximum absolute atomic E-state index is 12.7. The third kappa shape index (κ3) is 5.00. The zero-order valence-electron chi connectivity index (χ0n) is 19.4. The number of anilines is 1. The van der Waals surface area contributed by atoms with E-state index >= 15 is 0 Å². The van der Waals surface area contributed by atoms with Crippen LogP contribution < -0.4 is 5.32 Å². The molecule has 8 heteroatoms. The Morgan fingerprint density at radius 3 is 2.09 bits per heavy atom. The van der Waals surface area contributed by atoms with Gasteiger partial charge in [0.25, 0.3) is 0 Å². The fourth-order valence-electron chi connectivity index (χ4n) is 5.00. The number of hydrogen-bond acceptors (Lipinski definition) is 5. The van der Waals surface area contributed by atoms with Gasteiger partial charge in [0.1, 0.15) is 0 Å². The Balaban J connectivity index is 1.21. The van der Waals surface area contributed by atoms with Gasteiger partial charge in [-0.05, 0) is 37.8 Å². The Morgan fingerprint density at radius 2 is 1.52 bits per heavy atom. The molecule has 0 radical (unpaired) electrons. The molecule has 0 saturated carbocycles. The molecule has 4 amide bonds. The summed E-state index contributed by atoms with van der Waals surface area (Å²) >= 11 is 0. The van der Waals surface area contributed by atoms with Crippen molar-refractivity contribution in [3.63, 3.8) is 0 Å². The number of likely N-dealkylation sites (tertiary alicyclic amines) is 1. The molecule has 0 aromatic heterocycles. The number of allylic oxidation sites excluding steroid dienone is 2. The molecular formula is C25H32N4O4. The first-order valence-electron chi connectivity index (χ1n) is 11.7. The van der Waals surface area contributed by atoms with Crippen molar-refractivity contribution in [3.05, 3.63) is 41.5 Å². The third-order valence-corrected chi connectivity index (χ3v) is 6.99. The van der Waals surface area contributed by atoms with Crippen molar-refractivity contribution in [2.75, 3.05) is 44.6 Å². The second-order valence-electron chi connectivity index (χ2n) is 9.21. The fourth-order valence-corrected chi connectivity index (χ4v) is 5.00. The molecule has 2 heterocycles. The zero-order valence-corrected chi connectivity index (χ0v) is 19.4. The van der Waals surface area contributed by atoms with Crippen LogP contribution in [0.25, 0.3) is 0 Å². The van der Waals surface area contributed by atoms with Gasteiger partial charge in [0, 0.05) is 44.8 Å². The highest BCUT2D eigenvalue weighted by Crippen LogP contribution is 2.35. The average Bonchev–Trinajstić information content (AvgIpc) is 3.05. The molecule has 1 aromatic rings. The largest absolute Gasteiger partial charge is 0.340 e. The molecule has 0 bridgehead atoms. The molecule has 1 aromatic carbocycles. The summed E-state index contributed by atoms with van der Waals surface area (Å²) in [6.45, 7) is 6.68. The number of nitrogens with one attached hydrogen (secondary N) is 1. The van der Waals surface area contributed by atoms with Crippen molar-refractivity contribution in [1.29, 1.82) is 0 Å². The molecule has 2 aliphatic heterocycles. The summed E-state index contributed by atoms with van der Waals surface area (Å²) in [7, 11) is 0. The van der Waals surface area contributed by atoms with Crippen molar-refractivity contribution >= 4 is 29.3 Å². The molecule has 2 fully saturated rings. The SMILES string of the molecule is Cc1cccc(C)c1NC(=O)CN1CCN(C(=O)CCN2C(=O)[C@H]3CC=CC[C@@H]3C2=O)CC1. The van der Waals surface area contributed by atoms with Crippen LogP contribution in [0.4, 0.5) is 5.69 Å². The van der Waals surface area contributed by atoms with E-state index in [-0.39, 0.29) is 55.0 Å². The van der Waals surface area contributed by atoms with E-state index in [0.717, 1.165) is 16.8 Å². The number of rotatable bonds is 6. The Bertz CT molecular complexity index is 934. The monoisotopic (exact) mass is 452 g/mol. The normalized spacial score (nSPS) is 23.1. The number of nitrogens with zero attached hydrogens (tertiary/aromatic N) is 3. The van der Waals surface area contributed by atoms with E-state index in [1.54, 1.807) is 4.90 Å². The number of para-hydroxylation sites is 1. The third-order valence-electron chi connectivity index (χ3n) is 6.99.